The highest BCUT2D eigenvalue weighted by atomic mass is 16.6. The van der Waals surface area contributed by atoms with Crippen LogP contribution >= 0.6 is 0 Å². The monoisotopic (exact) mass is 250 g/mol. The lowest BCUT2D eigenvalue weighted by molar-refractivity contribution is 0.169. The Hall–Kier alpha value is -1.26. The van der Waals surface area contributed by atoms with E-state index in [1.807, 2.05) is 6.07 Å². The van der Waals surface area contributed by atoms with E-state index in [9.17, 15) is 0 Å². The third-order valence-corrected chi connectivity index (χ3v) is 3.71. The molecule has 18 heavy (non-hydrogen) atoms. The maximum absolute atomic E-state index is 5.90. The maximum atomic E-state index is 5.90. The van der Waals surface area contributed by atoms with E-state index in [1.54, 1.807) is 0 Å². The molecule has 0 aliphatic carbocycles. The van der Waals surface area contributed by atoms with E-state index in [1.165, 1.54) is 5.56 Å². The molecule has 1 aromatic carbocycles. The highest BCUT2D eigenvalue weighted by Gasteiger charge is 2.26. The van der Waals surface area contributed by atoms with E-state index in [-0.39, 0.29) is 5.54 Å². The summed E-state index contributed by atoms with van der Waals surface area (Å²) in [5, 5.41) is 0. The summed E-state index contributed by atoms with van der Waals surface area (Å²) in [5.41, 5.74) is 7.08. The minimum atomic E-state index is -0.0379. The van der Waals surface area contributed by atoms with Crippen LogP contribution in [0.1, 0.15) is 12.5 Å². The summed E-state index contributed by atoms with van der Waals surface area (Å²) in [6.45, 7) is 4.04. The molecule has 0 saturated heterocycles. The van der Waals surface area contributed by atoms with Crippen LogP contribution in [0.15, 0.2) is 18.2 Å². The van der Waals surface area contributed by atoms with E-state index in [2.05, 4.69) is 38.1 Å². The standard InChI is InChI=1S/C14H22N2O2/c1-14(10-15,16(2)3)9-11-4-5-12-13(8-11)18-7-6-17-12/h4-5,8H,6-7,9-10,15H2,1-3H3. The molecule has 1 aliphatic rings. The fraction of sp³-hybridized carbons (Fsp3) is 0.571. The number of nitrogens with zero attached hydrogens (tertiary/aromatic N) is 1. The van der Waals surface area contributed by atoms with Crippen LogP contribution in [0, 0.1) is 0 Å². The first-order valence-corrected chi connectivity index (χ1v) is 6.31. The summed E-state index contributed by atoms with van der Waals surface area (Å²) >= 11 is 0. The Balaban J connectivity index is 2.19. The summed E-state index contributed by atoms with van der Waals surface area (Å²) in [7, 11) is 4.12. The molecule has 0 radical (unpaired) electrons. The van der Waals surface area contributed by atoms with Gasteiger partial charge in [0, 0.05) is 12.1 Å². The Morgan fingerprint density at radius 1 is 1.22 bits per heavy atom. The van der Waals surface area contributed by atoms with E-state index in [0.29, 0.717) is 19.8 Å². The van der Waals surface area contributed by atoms with Crippen LogP contribution in [-0.2, 0) is 6.42 Å². The third-order valence-electron chi connectivity index (χ3n) is 3.71. The zero-order chi connectivity index (χ0) is 13.2. The van der Waals surface area contributed by atoms with Crippen LogP contribution in [-0.4, -0.2) is 44.3 Å². The van der Waals surface area contributed by atoms with Crippen molar-refractivity contribution < 1.29 is 9.47 Å². The van der Waals surface area contributed by atoms with Gasteiger partial charge in [0.05, 0.1) is 0 Å². The molecule has 2 rings (SSSR count). The van der Waals surface area contributed by atoms with Crippen molar-refractivity contribution in [1.82, 2.24) is 4.90 Å². The fourth-order valence-electron chi connectivity index (χ4n) is 2.05. The number of hydrogen-bond acceptors (Lipinski definition) is 4. The average molecular weight is 250 g/mol. The van der Waals surface area contributed by atoms with Gasteiger partial charge < -0.3 is 20.1 Å². The van der Waals surface area contributed by atoms with Crippen LogP contribution in [0.25, 0.3) is 0 Å². The number of rotatable bonds is 4. The Bertz CT molecular complexity index is 420. The van der Waals surface area contributed by atoms with Crippen molar-refractivity contribution in [2.45, 2.75) is 18.9 Å². The molecule has 1 heterocycles. The van der Waals surface area contributed by atoms with Gasteiger partial charge in [0.15, 0.2) is 11.5 Å². The summed E-state index contributed by atoms with van der Waals surface area (Å²) in [6.07, 6.45) is 0.896. The van der Waals surface area contributed by atoms with Crippen LogP contribution in [0.5, 0.6) is 11.5 Å². The van der Waals surface area contributed by atoms with E-state index in [0.717, 1.165) is 17.9 Å². The molecule has 0 fully saturated rings. The molecule has 2 N–H and O–H groups in total. The highest BCUT2D eigenvalue weighted by molar-refractivity contribution is 5.44. The van der Waals surface area contributed by atoms with Crippen LogP contribution in [0.4, 0.5) is 0 Å². The topological polar surface area (TPSA) is 47.7 Å². The third kappa shape index (κ3) is 2.60. The lowest BCUT2D eigenvalue weighted by Gasteiger charge is -2.35. The minimum absolute atomic E-state index is 0.0379. The Labute approximate surface area is 109 Å². The van der Waals surface area contributed by atoms with Crippen LogP contribution in [0.2, 0.25) is 0 Å². The number of benzene rings is 1. The number of ether oxygens (including phenoxy) is 2. The van der Waals surface area contributed by atoms with E-state index >= 15 is 0 Å². The van der Waals surface area contributed by atoms with Crippen molar-refractivity contribution in [1.29, 1.82) is 0 Å². The van der Waals surface area contributed by atoms with Crippen molar-refractivity contribution in [3.63, 3.8) is 0 Å². The molecule has 100 valence electrons. The Morgan fingerprint density at radius 3 is 2.50 bits per heavy atom. The second-order valence-electron chi connectivity index (χ2n) is 5.25. The second kappa shape index (κ2) is 5.16. The summed E-state index contributed by atoms with van der Waals surface area (Å²) in [4.78, 5) is 2.17. The summed E-state index contributed by atoms with van der Waals surface area (Å²) < 4.78 is 11.1. The molecular formula is C14H22N2O2. The molecule has 4 heteroatoms. The zero-order valence-electron chi connectivity index (χ0n) is 11.4. The van der Waals surface area contributed by atoms with Gasteiger partial charge in [-0.15, -0.1) is 0 Å². The number of nitrogens with two attached hydrogens (primary N) is 1. The molecule has 0 spiro atoms. The molecular weight excluding hydrogens is 228 g/mol. The Kier molecular flexibility index (Phi) is 3.78. The highest BCUT2D eigenvalue weighted by Crippen LogP contribution is 2.32. The first-order chi connectivity index (χ1) is 8.55. The van der Waals surface area contributed by atoms with Crippen LogP contribution < -0.4 is 15.2 Å². The SMILES string of the molecule is CN(C)C(C)(CN)Cc1ccc2c(c1)OCCO2. The van der Waals surface area contributed by atoms with Crippen LogP contribution in [0.3, 0.4) is 0 Å². The van der Waals surface area contributed by atoms with Crippen molar-refractivity contribution in [2.24, 2.45) is 5.73 Å². The van der Waals surface area contributed by atoms with Crippen molar-refractivity contribution in [2.75, 3.05) is 33.9 Å². The van der Waals surface area contributed by atoms with Gasteiger partial charge in [-0.05, 0) is 45.1 Å². The lowest BCUT2D eigenvalue weighted by atomic mass is 9.91. The number of hydrogen-bond donors (Lipinski definition) is 1. The molecule has 0 bridgehead atoms. The minimum Gasteiger partial charge on any atom is -0.486 e. The maximum Gasteiger partial charge on any atom is 0.161 e. The largest absolute Gasteiger partial charge is 0.486 e. The molecule has 1 aliphatic heterocycles. The van der Waals surface area contributed by atoms with Crippen molar-refractivity contribution in [3.05, 3.63) is 23.8 Å². The summed E-state index contributed by atoms with van der Waals surface area (Å²) in [5.74, 6) is 1.68. The molecule has 0 aromatic heterocycles. The first kappa shape index (κ1) is 13.2. The molecule has 1 aromatic rings. The normalized spacial score (nSPS) is 17.6. The van der Waals surface area contributed by atoms with E-state index in [4.69, 9.17) is 15.2 Å². The predicted molar refractivity (Wildman–Crippen MR) is 72.3 cm³/mol. The van der Waals surface area contributed by atoms with E-state index < -0.39 is 0 Å². The zero-order valence-corrected chi connectivity index (χ0v) is 11.4. The van der Waals surface area contributed by atoms with Gasteiger partial charge >= 0.3 is 0 Å². The molecule has 0 saturated carbocycles. The van der Waals surface area contributed by atoms with Gasteiger partial charge in [0.2, 0.25) is 0 Å². The van der Waals surface area contributed by atoms with Crippen molar-refractivity contribution >= 4 is 0 Å². The average Bonchev–Trinajstić information content (AvgIpc) is 2.38. The number of likely N-dealkylation sites (N-methyl/N-ethyl adjacent to an activating group) is 1. The number of fused-ring (bicyclic) bond motifs is 1. The van der Waals surface area contributed by atoms with Gasteiger partial charge in [0.25, 0.3) is 0 Å². The first-order valence-electron chi connectivity index (χ1n) is 6.31. The smallest absolute Gasteiger partial charge is 0.161 e. The predicted octanol–water partition coefficient (Wildman–Crippen LogP) is 1.28. The lowest BCUT2D eigenvalue weighted by Crippen LogP contribution is -2.49. The van der Waals surface area contributed by atoms with Gasteiger partial charge in [-0.1, -0.05) is 6.07 Å². The van der Waals surface area contributed by atoms with Gasteiger partial charge in [-0.2, -0.15) is 0 Å². The molecule has 4 nitrogen and oxygen atoms in total. The van der Waals surface area contributed by atoms with Gasteiger partial charge in [0.1, 0.15) is 13.2 Å². The fourth-order valence-corrected chi connectivity index (χ4v) is 2.05. The molecule has 0 amide bonds. The van der Waals surface area contributed by atoms with Crippen molar-refractivity contribution in [3.8, 4) is 11.5 Å². The van der Waals surface area contributed by atoms with Gasteiger partial charge in [-0.3, -0.25) is 0 Å². The summed E-state index contributed by atoms with van der Waals surface area (Å²) in [6, 6.07) is 6.13. The van der Waals surface area contributed by atoms with Gasteiger partial charge in [-0.25, -0.2) is 0 Å². The second-order valence-corrected chi connectivity index (χ2v) is 5.25. The quantitative estimate of drug-likeness (QED) is 0.874. The molecule has 1 unspecified atom stereocenters. The molecule has 1 atom stereocenters. The Morgan fingerprint density at radius 2 is 1.89 bits per heavy atom.